The maximum absolute atomic E-state index is 12.9. The van der Waals surface area contributed by atoms with Crippen LogP contribution in [0.25, 0.3) is 0 Å². The van der Waals surface area contributed by atoms with E-state index in [0.29, 0.717) is 16.5 Å². The van der Waals surface area contributed by atoms with E-state index in [1.54, 1.807) is 6.92 Å². The number of halogens is 2. The third-order valence-electron chi connectivity index (χ3n) is 2.33. The van der Waals surface area contributed by atoms with E-state index >= 15 is 0 Å². The Kier molecular flexibility index (Phi) is 5.27. The molecule has 0 aromatic heterocycles. The van der Waals surface area contributed by atoms with Crippen LogP contribution in [0.5, 0.6) is 0 Å². The molecule has 1 aromatic carbocycles. The molecule has 0 fully saturated rings. The van der Waals surface area contributed by atoms with Crippen LogP contribution < -0.4 is 5.73 Å². The number of benzene rings is 1. The number of carbonyl (C=O) groups is 2. The molecule has 0 radical (unpaired) electrons. The maximum Gasteiger partial charge on any atom is 0.404 e. The van der Waals surface area contributed by atoms with Gasteiger partial charge >= 0.3 is 6.09 Å². The molecule has 6 heteroatoms. The molecule has 0 aliphatic heterocycles. The van der Waals surface area contributed by atoms with E-state index in [9.17, 15) is 14.0 Å². The Morgan fingerprint density at radius 1 is 1.50 bits per heavy atom. The summed E-state index contributed by atoms with van der Waals surface area (Å²) in [5.74, 6) is -0.564. The Hall–Kier alpha value is -1.43. The molecule has 0 saturated heterocycles. The van der Waals surface area contributed by atoms with Gasteiger partial charge in [0.2, 0.25) is 0 Å². The van der Waals surface area contributed by atoms with E-state index in [4.69, 9.17) is 10.5 Å². The minimum absolute atomic E-state index is 0.151. The topological polar surface area (TPSA) is 69.4 Å². The fourth-order valence-electron chi connectivity index (χ4n) is 1.44. The van der Waals surface area contributed by atoms with Crippen LogP contribution >= 0.6 is 15.9 Å². The van der Waals surface area contributed by atoms with Crippen LogP contribution in [-0.2, 0) is 4.74 Å². The van der Waals surface area contributed by atoms with Crippen LogP contribution in [0.1, 0.15) is 30.1 Å². The van der Waals surface area contributed by atoms with Crippen LogP contribution in [0.2, 0.25) is 0 Å². The van der Waals surface area contributed by atoms with Gasteiger partial charge in [-0.2, -0.15) is 0 Å². The van der Waals surface area contributed by atoms with Gasteiger partial charge in [0, 0.05) is 16.5 Å². The van der Waals surface area contributed by atoms with E-state index in [0.717, 1.165) is 0 Å². The average Bonchev–Trinajstić information content (AvgIpc) is 2.25. The summed E-state index contributed by atoms with van der Waals surface area (Å²) in [6, 6.07) is 3.87. The number of carbonyl (C=O) groups excluding carboxylic acids is 2. The van der Waals surface area contributed by atoms with Gasteiger partial charge in [-0.1, -0.05) is 0 Å². The smallest absolute Gasteiger partial charge is 0.404 e. The second-order valence-corrected chi connectivity index (χ2v) is 4.69. The highest BCUT2D eigenvalue weighted by atomic mass is 79.9. The number of Topliss-reactive ketones (excluding diaryl/α,β-unsaturated/α-hetero) is 1. The zero-order chi connectivity index (χ0) is 13.7. The Labute approximate surface area is 112 Å². The van der Waals surface area contributed by atoms with Crippen molar-refractivity contribution in [3.8, 4) is 0 Å². The lowest BCUT2D eigenvalue weighted by atomic mass is 10.0. The molecule has 4 nitrogen and oxygen atoms in total. The summed E-state index contributed by atoms with van der Waals surface area (Å²) in [5, 5.41) is 0. The highest BCUT2D eigenvalue weighted by Gasteiger charge is 2.13. The third-order valence-corrected chi connectivity index (χ3v) is 2.98. The molecule has 1 unspecified atom stereocenters. The summed E-state index contributed by atoms with van der Waals surface area (Å²) in [5.41, 5.74) is 5.26. The second kappa shape index (κ2) is 6.49. The van der Waals surface area contributed by atoms with Gasteiger partial charge in [0.05, 0.1) is 0 Å². The standard InChI is InChI=1S/C12H13BrFNO3/c1-7(18-12(15)17)2-5-11(16)9-4-3-8(14)6-10(9)13/h3-4,6-7H,2,5H2,1H3,(H2,15,17). The number of amides is 1. The summed E-state index contributed by atoms with van der Waals surface area (Å²) in [6.07, 6.45) is -0.729. The summed E-state index contributed by atoms with van der Waals surface area (Å²) in [4.78, 5) is 22.3. The van der Waals surface area contributed by atoms with Crippen molar-refractivity contribution in [1.29, 1.82) is 0 Å². The number of ether oxygens (including phenoxy) is 1. The largest absolute Gasteiger partial charge is 0.447 e. The summed E-state index contributed by atoms with van der Waals surface area (Å²) >= 11 is 3.13. The lowest BCUT2D eigenvalue weighted by Crippen LogP contribution is -2.21. The van der Waals surface area contributed by atoms with E-state index < -0.39 is 18.0 Å². The molecule has 0 aliphatic carbocycles. The van der Waals surface area contributed by atoms with Crippen LogP contribution in [-0.4, -0.2) is 18.0 Å². The summed E-state index contributed by atoms with van der Waals surface area (Å²) in [6.45, 7) is 1.65. The van der Waals surface area contributed by atoms with Crippen molar-refractivity contribution in [2.24, 2.45) is 5.73 Å². The van der Waals surface area contributed by atoms with E-state index in [1.165, 1.54) is 18.2 Å². The molecule has 1 amide bonds. The molecule has 0 aliphatic rings. The first-order valence-corrected chi connectivity index (χ1v) is 6.13. The molecular weight excluding hydrogens is 305 g/mol. The summed E-state index contributed by atoms with van der Waals surface area (Å²) in [7, 11) is 0. The second-order valence-electron chi connectivity index (χ2n) is 3.83. The zero-order valence-corrected chi connectivity index (χ0v) is 11.4. The Bertz CT molecular complexity index is 465. The van der Waals surface area contributed by atoms with Gasteiger partial charge in [0.1, 0.15) is 11.9 Å². The number of nitrogens with two attached hydrogens (primary N) is 1. The molecule has 0 bridgehead atoms. The maximum atomic E-state index is 12.9. The van der Waals surface area contributed by atoms with E-state index in [-0.39, 0.29) is 12.2 Å². The first-order chi connectivity index (χ1) is 8.40. The first-order valence-electron chi connectivity index (χ1n) is 5.34. The number of ketones is 1. The number of hydrogen-bond donors (Lipinski definition) is 1. The quantitative estimate of drug-likeness (QED) is 0.848. The number of rotatable bonds is 5. The van der Waals surface area contributed by atoms with Crippen molar-refractivity contribution >= 4 is 27.8 Å². The fraction of sp³-hybridized carbons (Fsp3) is 0.333. The van der Waals surface area contributed by atoms with Crippen molar-refractivity contribution < 1.29 is 18.7 Å². The van der Waals surface area contributed by atoms with Gasteiger partial charge in [-0.05, 0) is 47.5 Å². The molecule has 0 spiro atoms. The molecule has 0 heterocycles. The number of hydrogen-bond acceptors (Lipinski definition) is 3. The van der Waals surface area contributed by atoms with E-state index in [2.05, 4.69) is 15.9 Å². The highest BCUT2D eigenvalue weighted by Crippen LogP contribution is 2.20. The molecule has 2 N–H and O–H groups in total. The minimum Gasteiger partial charge on any atom is -0.447 e. The van der Waals surface area contributed by atoms with Crippen molar-refractivity contribution in [3.63, 3.8) is 0 Å². The molecule has 18 heavy (non-hydrogen) atoms. The average molecular weight is 318 g/mol. The molecular formula is C12H13BrFNO3. The lowest BCUT2D eigenvalue weighted by molar-refractivity contribution is 0.0897. The molecule has 1 atom stereocenters. The molecule has 1 aromatic rings. The van der Waals surface area contributed by atoms with Gasteiger partial charge in [-0.15, -0.1) is 0 Å². The van der Waals surface area contributed by atoms with Crippen LogP contribution in [0.4, 0.5) is 9.18 Å². The van der Waals surface area contributed by atoms with Crippen LogP contribution in [0.15, 0.2) is 22.7 Å². The van der Waals surface area contributed by atoms with Gasteiger partial charge in [0.15, 0.2) is 5.78 Å². The van der Waals surface area contributed by atoms with Crippen molar-refractivity contribution in [2.75, 3.05) is 0 Å². The minimum atomic E-state index is -0.863. The molecule has 98 valence electrons. The lowest BCUT2D eigenvalue weighted by Gasteiger charge is -2.10. The van der Waals surface area contributed by atoms with Crippen molar-refractivity contribution in [2.45, 2.75) is 25.9 Å². The Balaban J connectivity index is 2.58. The van der Waals surface area contributed by atoms with Crippen LogP contribution in [0.3, 0.4) is 0 Å². The Morgan fingerprint density at radius 3 is 2.72 bits per heavy atom. The van der Waals surface area contributed by atoms with Gasteiger partial charge in [0.25, 0.3) is 0 Å². The van der Waals surface area contributed by atoms with E-state index in [1.807, 2.05) is 0 Å². The predicted molar refractivity (Wildman–Crippen MR) is 67.8 cm³/mol. The monoisotopic (exact) mass is 317 g/mol. The zero-order valence-electron chi connectivity index (χ0n) is 9.78. The van der Waals surface area contributed by atoms with Gasteiger partial charge in [-0.25, -0.2) is 9.18 Å². The number of primary amides is 1. The fourth-order valence-corrected chi connectivity index (χ4v) is 2.01. The Morgan fingerprint density at radius 2 is 2.17 bits per heavy atom. The van der Waals surface area contributed by atoms with Gasteiger partial charge < -0.3 is 10.5 Å². The molecule has 1 rings (SSSR count). The van der Waals surface area contributed by atoms with Crippen molar-refractivity contribution in [1.82, 2.24) is 0 Å². The van der Waals surface area contributed by atoms with Crippen molar-refractivity contribution in [3.05, 3.63) is 34.1 Å². The first kappa shape index (κ1) is 14.6. The third kappa shape index (κ3) is 4.44. The SMILES string of the molecule is CC(CCC(=O)c1ccc(F)cc1Br)OC(N)=O. The highest BCUT2D eigenvalue weighted by molar-refractivity contribution is 9.10. The summed E-state index contributed by atoms with van der Waals surface area (Å²) < 4.78 is 18.0. The normalized spacial score (nSPS) is 11.9. The molecule has 0 saturated carbocycles. The van der Waals surface area contributed by atoms with Crippen LogP contribution in [0, 0.1) is 5.82 Å². The van der Waals surface area contributed by atoms with Gasteiger partial charge in [-0.3, -0.25) is 4.79 Å². The predicted octanol–water partition coefficient (Wildman–Crippen LogP) is 3.03.